The van der Waals surface area contributed by atoms with Crippen molar-refractivity contribution >= 4 is 63.9 Å². The van der Waals surface area contributed by atoms with Crippen molar-refractivity contribution in [1.29, 1.82) is 0 Å². The number of carbonyl (C=O) groups is 2. The molecular formula is C27H24Cl2N2O5S. The first-order valence-corrected chi connectivity index (χ1v) is 13.1. The summed E-state index contributed by atoms with van der Waals surface area (Å²) < 4.78 is 12.7. The van der Waals surface area contributed by atoms with E-state index >= 15 is 0 Å². The zero-order chi connectivity index (χ0) is 26.9. The number of carbonyl (C=O) groups excluding carboxylic acids is 2. The number of halogens is 2. The summed E-state index contributed by atoms with van der Waals surface area (Å²) >= 11 is 13.2. The van der Waals surface area contributed by atoms with Gasteiger partial charge in [-0.2, -0.15) is 0 Å². The van der Waals surface area contributed by atoms with Crippen molar-refractivity contribution in [2.75, 3.05) is 6.61 Å². The summed E-state index contributed by atoms with van der Waals surface area (Å²) in [5.41, 5.74) is 7.42. The van der Waals surface area contributed by atoms with Crippen LogP contribution in [-0.4, -0.2) is 29.2 Å². The predicted octanol–water partition coefficient (Wildman–Crippen LogP) is 3.64. The second-order valence-corrected chi connectivity index (χ2v) is 10.4. The Morgan fingerprint density at radius 1 is 1.03 bits per heavy atom. The van der Waals surface area contributed by atoms with E-state index in [0.717, 1.165) is 16.9 Å². The van der Waals surface area contributed by atoms with Gasteiger partial charge in [0.1, 0.15) is 10.5 Å². The van der Waals surface area contributed by atoms with Gasteiger partial charge in [-0.25, -0.2) is 9.59 Å². The molecule has 0 saturated carbocycles. The van der Waals surface area contributed by atoms with Gasteiger partial charge in [-0.3, -0.25) is 9.36 Å². The van der Waals surface area contributed by atoms with E-state index in [4.69, 9.17) is 38.4 Å². The van der Waals surface area contributed by atoms with Crippen LogP contribution in [0.5, 0.6) is 0 Å². The van der Waals surface area contributed by atoms with Crippen LogP contribution in [0.4, 0.5) is 0 Å². The minimum Gasteiger partial charge on any atom is -0.463 e. The molecule has 1 aliphatic heterocycles. The Labute approximate surface area is 227 Å². The van der Waals surface area contributed by atoms with Crippen LogP contribution < -0.4 is 20.5 Å². The molecule has 2 heterocycles. The number of fused-ring (bicyclic) bond motifs is 1. The smallest absolute Gasteiger partial charge is 0.338 e. The Balaban J connectivity index is 2.10. The highest BCUT2D eigenvalue weighted by atomic mass is 35.5. The largest absolute Gasteiger partial charge is 0.463 e. The summed E-state index contributed by atoms with van der Waals surface area (Å²) in [5.74, 6) is -2.45. The summed E-state index contributed by atoms with van der Waals surface area (Å²) in [6, 6.07) is 13.6. The normalized spacial score (nSPS) is 15.7. The third-order valence-electron chi connectivity index (χ3n) is 5.58. The molecule has 1 unspecified atom stereocenters. The number of nitrogens with zero attached hydrogens (tertiary/aromatic N) is 1. The van der Waals surface area contributed by atoms with Gasteiger partial charge >= 0.3 is 11.9 Å². The Hall–Kier alpha value is -3.33. The van der Waals surface area contributed by atoms with Crippen LogP contribution in [0.15, 0.2) is 58.9 Å². The average Bonchev–Trinajstić information content (AvgIpc) is 3.16. The van der Waals surface area contributed by atoms with E-state index in [-0.39, 0.29) is 28.2 Å². The lowest BCUT2D eigenvalue weighted by Gasteiger charge is -2.27. The van der Waals surface area contributed by atoms with E-state index in [2.05, 4.69) is 0 Å². The SMILES string of the molecule is CCOC(=O)C1=C(N)n2c(sc(=Cc3ccc(Cl)cc3)c2=O)=C(C(=O)OC(C)C)C1c1ccc(Cl)cc1. The zero-order valence-electron chi connectivity index (χ0n) is 20.3. The number of hydrogen-bond donors (Lipinski definition) is 1. The predicted molar refractivity (Wildman–Crippen MR) is 146 cm³/mol. The number of esters is 2. The number of ether oxygens (including phenoxy) is 2. The van der Waals surface area contributed by atoms with Crippen LogP contribution in [-0.2, 0) is 19.1 Å². The van der Waals surface area contributed by atoms with Gasteiger partial charge in [-0.15, -0.1) is 11.3 Å². The minimum absolute atomic E-state index is 0.0229. The number of hydrogen-bond acceptors (Lipinski definition) is 7. The van der Waals surface area contributed by atoms with Crippen LogP contribution >= 0.6 is 34.5 Å². The van der Waals surface area contributed by atoms with Crippen LogP contribution in [0, 0.1) is 0 Å². The molecule has 37 heavy (non-hydrogen) atoms. The molecule has 0 spiro atoms. The number of rotatable bonds is 6. The van der Waals surface area contributed by atoms with Crippen molar-refractivity contribution < 1.29 is 19.1 Å². The summed E-state index contributed by atoms with van der Waals surface area (Å²) in [4.78, 5) is 40.3. The van der Waals surface area contributed by atoms with Crippen molar-refractivity contribution in [3.05, 3.63) is 94.8 Å². The molecule has 0 fully saturated rings. The fraction of sp³-hybridized carbons (Fsp3) is 0.222. The second-order valence-electron chi connectivity index (χ2n) is 8.48. The Morgan fingerprint density at radius 2 is 1.62 bits per heavy atom. The third-order valence-corrected chi connectivity index (χ3v) is 7.19. The standard InChI is InChI=1S/C27H24Cl2N2O5S/c1-4-35-26(33)21-20(16-7-11-18(29)12-8-16)22(27(34)36-14(2)3)25-31(23(21)30)24(32)19(37-25)13-15-5-9-17(28)10-6-15/h5-14,20H,4,30H2,1-3H3. The van der Waals surface area contributed by atoms with Gasteiger partial charge in [0.2, 0.25) is 0 Å². The van der Waals surface area contributed by atoms with Crippen molar-refractivity contribution in [3.63, 3.8) is 0 Å². The molecule has 0 aliphatic carbocycles. The monoisotopic (exact) mass is 558 g/mol. The van der Waals surface area contributed by atoms with Crippen molar-refractivity contribution in [3.8, 4) is 0 Å². The molecule has 10 heteroatoms. The number of thiazole rings is 1. The molecule has 0 saturated heterocycles. The summed E-state index contributed by atoms with van der Waals surface area (Å²) in [6.45, 7) is 5.18. The van der Waals surface area contributed by atoms with Gasteiger partial charge in [0, 0.05) is 10.0 Å². The van der Waals surface area contributed by atoms with Crippen molar-refractivity contribution in [2.45, 2.75) is 32.8 Å². The quantitative estimate of drug-likeness (QED) is 0.463. The number of benzene rings is 2. The van der Waals surface area contributed by atoms with Gasteiger partial charge in [0.15, 0.2) is 0 Å². The van der Waals surface area contributed by atoms with Gasteiger partial charge in [-0.1, -0.05) is 47.5 Å². The maximum atomic E-state index is 13.6. The molecule has 2 N–H and O–H groups in total. The first-order chi connectivity index (χ1) is 17.6. The Morgan fingerprint density at radius 3 is 2.19 bits per heavy atom. The minimum atomic E-state index is -0.941. The van der Waals surface area contributed by atoms with Crippen LogP contribution in [0.2, 0.25) is 10.0 Å². The van der Waals surface area contributed by atoms with Gasteiger partial charge in [-0.05, 0) is 62.2 Å². The second kappa shape index (κ2) is 11.0. The molecule has 3 aromatic rings. The first-order valence-electron chi connectivity index (χ1n) is 11.5. The van der Waals surface area contributed by atoms with E-state index in [9.17, 15) is 14.4 Å². The fourth-order valence-electron chi connectivity index (χ4n) is 4.03. The Kier molecular flexibility index (Phi) is 7.92. The Bertz CT molecular complexity index is 1570. The van der Waals surface area contributed by atoms with Gasteiger partial charge in [0.05, 0.1) is 34.3 Å². The summed E-state index contributed by atoms with van der Waals surface area (Å²) in [5, 5.41) is 1.04. The third kappa shape index (κ3) is 5.37. The molecule has 1 aromatic heterocycles. The van der Waals surface area contributed by atoms with Crippen LogP contribution in [0.1, 0.15) is 37.8 Å². The lowest BCUT2D eigenvalue weighted by molar-refractivity contribution is -0.140. The topological polar surface area (TPSA) is 101 Å². The lowest BCUT2D eigenvalue weighted by atomic mass is 9.83. The highest BCUT2D eigenvalue weighted by molar-refractivity contribution is 7.07. The average molecular weight is 559 g/mol. The maximum Gasteiger partial charge on any atom is 0.338 e. The summed E-state index contributed by atoms with van der Waals surface area (Å²) in [7, 11) is 0. The molecule has 2 aromatic carbocycles. The first kappa shape index (κ1) is 26.7. The zero-order valence-corrected chi connectivity index (χ0v) is 22.6. The molecular weight excluding hydrogens is 535 g/mol. The van der Waals surface area contributed by atoms with E-state index in [1.165, 1.54) is 4.57 Å². The van der Waals surface area contributed by atoms with Crippen molar-refractivity contribution in [2.24, 2.45) is 5.73 Å². The molecule has 192 valence electrons. The number of aromatic nitrogens is 1. The molecule has 0 amide bonds. The maximum absolute atomic E-state index is 13.6. The molecule has 1 atom stereocenters. The highest BCUT2D eigenvalue weighted by Crippen LogP contribution is 2.38. The van der Waals surface area contributed by atoms with Gasteiger partial charge in [0.25, 0.3) is 5.56 Å². The van der Waals surface area contributed by atoms with E-state index in [0.29, 0.717) is 20.1 Å². The molecule has 4 rings (SSSR count). The van der Waals surface area contributed by atoms with Crippen LogP contribution in [0.3, 0.4) is 0 Å². The van der Waals surface area contributed by atoms with E-state index in [1.54, 1.807) is 75.4 Å². The molecule has 1 aliphatic rings. The summed E-state index contributed by atoms with van der Waals surface area (Å²) in [6.07, 6.45) is 1.23. The van der Waals surface area contributed by atoms with E-state index in [1.807, 2.05) is 0 Å². The highest BCUT2D eigenvalue weighted by Gasteiger charge is 2.40. The molecule has 0 bridgehead atoms. The van der Waals surface area contributed by atoms with Crippen molar-refractivity contribution in [1.82, 2.24) is 4.57 Å². The van der Waals surface area contributed by atoms with Gasteiger partial charge < -0.3 is 15.2 Å². The fourth-order valence-corrected chi connectivity index (χ4v) is 5.45. The molecule has 7 nitrogen and oxygen atoms in total. The lowest BCUT2D eigenvalue weighted by Crippen LogP contribution is -2.42. The molecule has 0 radical (unpaired) electrons. The van der Waals surface area contributed by atoms with E-state index < -0.39 is 29.5 Å². The van der Waals surface area contributed by atoms with Crippen LogP contribution in [0.25, 0.3) is 17.5 Å². The number of nitrogens with two attached hydrogens (primary N) is 1.